The molecule has 7 fully saturated rings. The summed E-state index contributed by atoms with van der Waals surface area (Å²) in [5, 5.41) is 12.7. The number of unbranched alkanes of at least 4 members (excludes halogenated alkanes) is 1. The highest BCUT2D eigenvalue weighted by Crippen LogP contribution is 2.78. The Labute approximate surface area is 198 Å². The Balaban J connectivity index is 1.30. The third kappa shape index (κ3) is 2.56. The van der Waals surface area contributed by atoms with E-state index >= 15 is 0 Å². The first-order valence-corrected chi connectivity index (χ1v) is 13.7. The summed E-state index contributed by atoms with van der Waals surface area (Å²) in [5.41, 5.74) is -1.13. The summed E-state index contributed by atoms with van der Waals surface area (Å²) in [7, 11) is 0. The van der Waals surface area contributed by atoms with Crippen molar-refractivity contribution in [2.24, 2.45) is 28.6 Å². The maximum Gasteiger partial charge on any atom is 0.174 e. The first-order valence-electron chi connectivity index (χ1n) is 13.7. The van der Waals surface area contributed by atoms with E-state index in [0.717, 1.165) is 64.2 Å². The van der Waals surface area contributed by atoms with Crippen LogP contribution in [0.25, 0.3) is 0 Å². The van der Waals surface area contributed by atoms with E-state index in [1.807, 2.05) is 0 Å². The second-order valence-corrected chi connectivity index (χ2v) is 13.0. The normalized spacial score (nSPS) is 55.3. The molecule has 4 aliphatic carbocycles. The van der Waals surface area contributed by atoms with E-state index in [-0.39, 0.29) is 28.5 Å². The molecule has 0 amide bonds. The molecule has 1 N–H and O–H groups in total. The molecule has 3 aliphatic heterocycles. The third-order valence-corrected chi connectivity index (χ3v) is 11.7. The molecule has 7 aliphatic rings. The van der Waals surface area contributed by atoms with Crippen molar-refractivity contribution in [2.45, 2.75) is 114 Å². The Bertz CT molecular complexity index is 819. The quantitative estimate of drug-likeness (QED) is 0.635. The Morgan fingerprint density at radius 1 is 0.879 bits per heavy atom. The lowest BCUT2D eigenvalue weighted by Crippen LogP contribution is -2.69. The molecule has 6 heteroatoms. The Kier molecular flexibility index (Phi) is 4.49. The summed E-state index contributed by atoms with van der Waals surface area (Å²) >= 11 is 0. The van der Waals surface area contributed by atoms with Crippen molar-refractivity contribution in [1.82, 2.24) is 0 Å². The standard InChI is InChI=1S/C27H42O6/c1-4-5-7-24(28)16-23(3)19(6-8-27(23)31-13-14-32-27)18-15-20-26(33-20)17-25(29-11-12-30-25)10-9-22(26,2)21(18)24/h18-21,28H,4-17H2,1-3H3/t18-,19+,20?,21+,22-,23+,24+,26+/m1/s1. The maximum absolute atomic E-state index is 12.7. The summed E-state index contributed by atoms with van der Waals surface area (Å²) in [6.07, 6.45) is 9.92. The second-order valence-electron chi connectivity index (χ2n) is 13.0. The van der Waals surface area contributed by atoms with Crippen molar-refractivity contribution >= 4 is 0 Å². The van der Waals surface area contributed by atoms with Crippen LogP contribution in [0.2, 0.25) is 0 Å². The molecule has 3 spiro atoms. The smallest absolute Gasteiger partial charge is 0.174 e. The van der Waals surface area contributed by atoms with E-state index < -0.39 is 17.2 Å². The van der Waals surface area contributed by atoms with Gasteiger partial charge in [-0.15, -0.1) is 0 Å². The van der Waals surface area contributed by atoms with Gasteiger partial charge in [-0.3, -0.25) is 0 Å². The molecular formula is C27H42O6. The molecule has 0 aromatic heterocycles. The van der Waals surface area contributed by atoms with Gasteiger partial charge in [-0.2, -0.15) is 0 Å². The average molecular weight is 463 g/mol. The lowest BCUT2D eigenvalue weighted by atomic mass is 9.40. The van der Waals surface area contributed by atoms with Gasteiger partial charge in [0.1, 0.15) is 5.60 Å². The average Bonchev–Trinajstić information content (AvgIpc) is 3.14. The molecule has 3 saturated heterocycles. The maximum atomic E-state index is 12.7. The molecule has 6 nitrogen and oxygen atoms in total. The minimum Gasteiger partial charge on any atom is -0.390 e. The first-order chi connectivity index (χ1) is 15.8. The highest BCUT2D eigenvalue weighted by Gasteiger charge is 2.82. The molecule has 186 valence electrons. The van der Waals surface area contributed by atoms with E-state index in [1.54, 1.807) is 0 Å². The minimum atomic E-state index is -0.723. The first kappa shape index (κ1) is 22.0. The Morgan fingerprint density at radius 3 is 2.33 bits per heavy atom. The number of ether oxygens (including phenoxy) is 5. The fourth-order valence-corrected chi connectivity index (χ4v) is 10.5. The molecule has 4 saturated carbocycles. The van der Waals surface area contributed by atoms with Gasteiger partial charge in [0.05, 0.1) is 38.1 Å². The fraction of sp³-hybridized carbons (Fsp3) is 1.00. The zero-order chi connectivity index (χ0) is 22.7. The van der Waals surface area contributed by atoms with Crippen LogP contribution in [-0.2, 0) is 23.7 Å². The van der Waals surface area contributed by atoms with Crippen molar-refractivity contribution in [1.29, 1.82) is 0 Å². The van der Waals surface area contributed by atoms with Crippen molar-refractivity contribution in [3.8, 4) is 0 Å². The number of hydrogen-bond donors (Lipinski definition) is 1. The number of aliphatic hydroxyl groups is 1. The van der Waals surface area contributed by atoms with Gasteiger partial charge in [0, 0.05) is 30.1 Å². The van der Waals surface area contributed by atoms with Crippen LogP contribution in [0.4, 0.5) is 0 Å². The molecule has 1 unspecified atom stereocenters. The van der Waals surface area contributed by atoms with E-state index in [2.05, 4.69) is 20.8 Å². The molecule has 8 atom stereocenters. The van der Waals surface area contributed by atoms with Gasteiger partial charge in [0.2, 0.25) is 0 Å². The molecule has 7 rings (SSSR count). The lowest BCUT2D eigenvalue weighted by Gasteiger charge is -2.65. The zero-order valence-electron chi connectivity index (χ0n) is 20.7. The van der Waals surface area contributed by atoms with Crippen molar-refractivity contribution < 1.29 is 28.8 Å². The van der Waals surface area contributed by atoms with Gasteiger partial charge >= 0.3 is 0 Å². The van der Waals surface area contributed by atoms with Gasteiger partial charge in [-0.25, -0.2) is 0 Å². The number of rotatable bonds is 3. The van der Waals surface area contributed by atoms with Gasteiger partial charge in [-0.05, 0) is 49.9 Å². The van der Waals surface area contributed by atoms with Gasteiger partial charge < -0.3 is 28.8 Å². The second kappa shape index (κ2) is 6.74. The molecule has 0 aromatic rings. The molecular weight excluding hydrogens is 420 g/mol. The fourth-order valence-electron chi connectivity index (χ4n) is 10.5. The summed E-state index contributed by atoms with van der Waals surface area (Å²) in [4.78, 5) is 0. The van der Waals surface area contributed by atoms with Crippen LogP contribution in [0.1, 0.15) is 85.0 Å². The van der Waals surface area contributed by atoms with E-state index in [9.17, 15) is 5.11 Å². The SMILES string of the molecule is CCCC[C@]1(O)C[C@@]2(C)[C@@H](CCC23OCCO3)[C@H]2CC3O[C@@]34CC3(CC[C@]4(C)[C@H]21)OCCO3. The zero-order valence-corrected chi connectivity index (χ0v) is 20.7. The summed E-state index contributed by atoms with van der Waals surface area (Å²) in [5.74, 6) is 0.225. The predicted molar refractivity (Wildman–Crippen MR) is 120 cm³/mol. The minimum absolute atomic E-state index is 0.0574. The molecule has 0 aromatic carbocycles. The highest BCUT2D eigenvalue weighted by molar-refractivity contribution is 5.29. The number of epoxide rings is 1. The Hall–Kier alpha value is -0.240. The third-order valence-electron chi connectivity index (χ3n) is 11.7. The largest absolute Gasteiger partial charge is 0.390 e. The van der Waals surface area contributed by atoms with Crippen molar-refractivity contribution in [3.63, 3.8) is 0 Å². The topological polar surface area (TPSA) is 69.7 Å². The van der Waals surface area contributed by atoms with Crippen LogP contribution in [-0.4, -0.2) is 60.4 Å². The highest BCUT2D eigenvalue weighted by atomic mass is 16.7. The van der Waals surface area contributed by atoms with E-state index in [0.29, 0.717) is 38.3 Å². The van der Waals surface area contributed by atoms with Crippen LogP contribution in [0.5, 0.6) is 0 Å². The molecule has 0 bridgehead atoms. The van der Waals surface area contributed by atoms with Crippen LogP contribution in [0, 0.1) is 28.6 Å². The molecule has 33 heavy (non-hydrogen) atoms. The van der Waals surface area contributed by atoms with E-state index in [4.69, 9.17) is 23.7 Å². The van der Waals surface area contributed by atoms with Crippen molar-refractivity contribution in [3.05, 3.63) is 0 Å². The molecule has 3 heterocycles. The van der Waals surface area contributed by atoms with Gasteiger partial charge in [-0.1, -0.05) is 33.6 Å². The van der Waals surface area contributed by atoms with Crippen LogP contribution in [0.3, 0.4) is 0 Å². The number of hydrogen-bond acceptors (Lipinski definition) is 6. The van der Waals surface area contributed by atoms with Crippen LogP contribution >= 0.6 is 0 Å². The van der Waals surface area contributed by atoms with Gasteiger partial charge in [0.25, 0.3) is 0 Å². The summed E-state index contributed by atoms with van der Waals surface area (Å²) < 4.78 is 31.8. The van der Waals surface area contributed by atoms with Crippen LogP contribution in [0.15, 0.2) is 0 Å². The van der Waals surface area contributed by atoms with E-state index in [1.165, 1.54) is 0 Å². The summed E-state index contributed by atoms with van der Waals surface area (Å²) in [6, 6.07) is 0. The van der Waals surface area contributed by atoms with Crippen molar-refractivity contribution in [2.75, 3.05) is 26.4 Å². The number of fused-ring (bicyclic) bond motifs is 5. The Morgan fingerprint density at radius 2 is 1.61 bits per heavy atom. The summed E-state index contributed by atoms with van der Waals surface area (Å²) in [6.45, 7) is 9.78. The monoisotopic (exact) mass is 462 g/mol. The predicted octanol–water partition coefficient (Wildman–Crippen LogP) is 4.18. The van der Waals surface area contributed by atoms with Crippen LogP contribution < -0.4 is 0 Å². The lowest BCUT2D eigenvalue weighted by molar-refractivity contribution is -0.294. The van der Waals surface area contributed by atoms with Gasteiger partial charge in [0.15, 0.2) is 11.6 Å². The molecule has 0 radical (unpaired) electrons.